The molecule has 1 aromatic heterocycles. The van der Waals surface area contributed by atoms with E-state index in [-0.39, 0.29) is 5.91 Å². The van der Waals surface area contributed by atoms with Gasteiger partial charge in [0.15, 0.2) is 5.13 Å². The Bertz CT molecular complexity index is 445. The van der Waals surface area contributed by atoms with Crippen LogP contribution in [0.3, 0.4) is 0 Å². The van der Waals surface area contributed by atoms with E-state index in [0.717, 1.165) is 36.9 Å². The van der Waals surface area contributed by atoms with Crippen LogP contribution < -0.4 is 16.0 Å². The molecule has 3 N–H and O–H groups in total. The highest BCUT2D eigenvalue weighted by Gasteiger charge is 2.17. The summed E-state index contributed by atoms with van der Waals surface area (Å²) in [6.07, 6.45) is 4.38. The molecule has 0 aliphatic heterocycles. The Hall–Kier alpha value is -1.30. The number of carbonyl (C=O) groups is 1. The van der Waals surface area contributed by atoms with Crippen LogP contribution in [0.4, 0.5) is 10.9 Å². The third kappa shape index (κ3) is 5.91. The molecule has 120 valence electrons. The molecule has 0 spiro atoms. The number of nitrogen functional groups attached to an aromatic ring is 1. The van der Waals surface area contributed by atoms with Gasteiger partial charge in [-0.1, -0.05) is 44.9 Å². The second-order valence-electron chi connectivity index (χ2n) is 5.78. The van der Waals surface area contributed by atoms with Crippen LogP contribution in [0.5, 0.6) is 0 Å². The molecule has 21 heavy (non-hydrogen) atoms. The third-order valence-electron chi connectivity index (χ3n) is 3.23. The van der Waals surface area contributed by atoms with E-state index < -0.39 is 0 Å². The molecule has 0 saturated heterocycles. The number of unbranched alkanes of at least 4 members (excludes halogenated alkanes) is 1. The molecule has 0 aromatic carbocycles. The van der Waals surface area contributed by atoms with Crippen molar-refractivity contribution in [3.63, 3.8) is 0 Å². The number of nitrogens with zero attached hydrogens (tertiary/aromatic N) is 2. The fourth-order valence-corrected chi connectivity index (χ4v) is 2.93. The van der Waals surface area contributed by atoms with E-state index in [9.17, 15) is 4.79 Å². The summed E-state index contributed by atoms with van der Waals surface area (Å²) < 4.78 is 0. The smallest absolute Gasteiger partial charge is 0.265 e. The highest BCUT2D eigenvalue weighted by atomic mass is 32.1. The molecule has 1 heterocycles. The molecule has 0 atom stereocenters. The highest BCUT2D eigenvalue weighted by molar-refractivity contribution is 7.18. The molecule has 0 aliphatic rings. The van der Waals surface area contributed by atoms with E-state index in [1.807, 2.05) is 11.9 Å². The first kappa shape index (κ1) is 17.8. The van der Waals surface area contributed by atoms with Crippen molar-refractivity contribution in [1.82, 2.24) is 10.3 Å². The second kappa shape index (κ2) is 8.87. The van der Waals surface area contributed by atoms with Crippen molar-refractivity contribution < 1.29 is 4.79 Å². The van der Waals surface area contributed by atoms with Gasteiger partial charge in [-0.15, -0.1) is 0 Å². The Kier molecular flexibility index (Phi) is 7.50. The lowest BCUT2D eigenvalue weighted by atomic mass is 10.1. The predicted octanol–water partition coefficient (Wildman–Crippen LogP) is 3.13. The first-order valence-corrected chi connectivity index (χ1v) is 8.53. The Morgan fingerprint density at radius 3 is 2.76 bits per heavy atom. The number of amides is 1. The fraction of sp³-hybridized carbons (Fsp3) is 0.733. The Morgan fingerprint density at radius 2 is 2.14 bits per heavy atom. The van der Waals surface area contributed by atoms with Crippen molar-refractivity contribution in [2.24, 2.45) is 5.92 Å². The number of nitrogens with one attached hydrogen (secondary N) is 1. The lowest BCUT2D eigenvalue weighted by Crippen LogP contribution is -2.24. The third-order valence-corrected chi connectivity index (χ3v) is 4.41. The van der Waals surface area contributed by atoms with Gasteiger partial charge in [0.2, 0.25) is 0 Å². The minimum Gasteiger partial charge on any atom is -0.382 e. The van der Waals surface area contributed by atoms with Gasteiger partial charge < -0.3 is 16.0 Å². The molecule has 6 heteroatoms. The van der Waals surface area contributed by atoms with Gasteiger partial charge >= 0.3 is 0 Å². The zero-order chi connectivity index (χ0) is 15.8. The predicted molar refractivity (Wildman–Crippen MR) is 91.1 cm³/mol. The maximum absolute atomic E-state index is 12.1. The second-order valence-corrected chi connectivity index (χ2v) is 6.76. The molecule has 1 aromatic rings. The summed E-state index contributed by atoms with van der Waals surface area (Å²) >= 11 is 1.36. The van der Waals surface area contributed by atoms with E-state index in [4.69, 9.17) is 5.73 Å². The van der Waals surface area contributed by atoms with Crippen LogP contribution in [0, 0.1) is 5.92 Å². The van der Waals surface area contributed by atoms with E-state index in [0.29, 0.717) is 17.2 Å². The summed E-state index contributed by atoms with van der Waals surface area (Å²) in [7, 11) is 1.97. The van der Waals surface area contributed by atoms with E-state index in [2.05, 4.69) is 31.1 Å². The summed E-state index contributed by atoms with van der Waals surface area (Å²) in [5.74, 6) is 0.942. The van der Waals surface area contributed by atoms with Gasteiger partial charge in [-0.3, -0.25) is 4.79 Å². The number of anilines is 2. The van der Waals surface area contributed by atoms with Crippen LogP contribution >= 0.6 is 11.3 Å². The topological polar surface area (TPSA) is 71.2 Å². The van der Waals surface area contributed by atoms with E-state index in [1.54, 1.807) is 0 Å². The maximum Gasteiger partial charge on any atom is 0.265 e. The standard InChI is InChI=1S/C15H28N4OS/c1-5-10-19(4)15-18-13(16)12(21-15)14(20)17-9-7-6-8-11(2)3/h11H,5-10,16H2,1-4H3,(H,17,20). The van der Waals surface area contributed by atoms with E-state index in [1.165, 1.54) is 17.8 Å². The van der Waals surface area contributed by atoms with Crippen LogP contribution in [0.1, 0.15) is 56.1 Å². The average Bonchev–Trinajstić information content (AvgIpc) is 2.80. The Balaban J connectivity index is 2.47. The Morgan fingerprint density at radius 1 is 1.43 bits per heavy atom. The molecule has 0 bridgehead atoms. The van der Waals surface area contributed by atoms with Crippen molar-refractivity contribution in [2.75, 3.05) is 30.8 Å². The highest BCUT2D eigenvalue weighted by Crippen LogP contribution is 2.27. The van der Waals surface area contributed by atoms with Gasteiger partial charge in [0.05, 0.1) is 0 Å². The molecular weight excluding hydrogens is 284 g/mol. The number of rotatable bonds is 9. The average molecular weight is 312 g/mol. The number of nitrogens with two attached hydrogens (primary N) is 1. The molecule has 0 unspecified atom stereocenters. The summed E-state index contributed by atoms with van der Waals surface area (Å²) in [6.45, 7) is 8.14. The van der Waals surface area contributed by atoms with Gasteiger partial charge in [0.1, 0.15) is 10.7 Å². The lowest BCUT2D eigenvalue weighted by Gasteiger charge is -2.13. The number of hydrogen-bond donors (Lipinski definition) is 2. The quantitative estimate of drug-likeness (QED) is 0.687. The van der Waals surface area contributed by atoms with Crippen molar-refractivity contribution >= 4 is 28.2 Å². The fourth-order valence-electron chi connectivity index (χ4n) is 2.04. The van der Waals surface area contributed by atoms with Gasteiger partial charge in [0, 0.05) is 20.1 Å². The van der Waals surface area contributed by atoms with Crippen LogP contribution in [-0.2, 0) is 0 Å². The molecule has 0 saturated carbocycles. The summed E-state index contributed by atoms with van der Waals surface area (Å²) in [5, 5.41) is 3.74. The van der Waals surface area contributed by atoms with Gasteiger partial charge in [-0.25, -0.2) is 4.98 Å². The van der Waals surface area contributed by atoms with Crippen molar-refractivity contribution in [1.29, 1.82) is 0 Å². The van der Waals surface area contributed by atoms with Crippen molar-refractivity contribution in [2.45, 2.75) is 46.5 Å². The lowest BCUT2D eigenvalue weighted by molar-refractivity contribution is 0.0957. The summed E-state index contributed by atoms with van der Waals surface area (Å²) in [5.41, 5.74) is 5.86. The summed E-state index contributed by atoms with van der Waals surface area (Å²) in [6, 6.07) is 0. The van der Waals surface area contributed by atoms with Gasteiger partial charge in [-0.2, -0.15) is 0 Å². The largest absolute Gasteiger partial charge is 0.382 e. The molecular formula is C15H28N4OS. The minimum atomic E-state index is -0.106. The monoisotopic (exact) mass is 312 g/mol. The molecule has 0 fully saturated rings. The number of hydrogen-bond acceptors (Lipinski definition) is 5. The van der Waals surface area contributed by atoms with Crippen LogP contribution in [0.25, 0.3) is 0 Å². The minimum absolute atomic E-state index is 0.106. The van der Waals surface area contributed by atoms with Crippen molar-refractivity contribution in [3.05, 3.63) is 4.88 Å². The first-order valence-electron chi connectivity index (χ1n) is 7.71. The molecule has 0 radical (unpaired) electrons. The number of carbonyl (C=O) groups excluding carboxylic acids is 1. The number of aromatic nitrogens is 1. The molecule has 5 nitrogen and oxygen atoms in total. The zero-order valence-corrected chi connectivity index (χ0v) is 14.4. The molecule has 0 aliphatic carbocycles. The van der Waals surface area contributed by atoms with Crippen LogP contribution in [0.15, 0.2) is 0 Å². The maximum atomic E-state index is 12.1. The van der Waals surface area contributed by atoms with E-state index >= 15 is 0 Å². The SMILES string of the molecule is CCCN(C)c1nc(N)c(C(=O)NCCCCC(C)C)s1. The van der Waals surface area contributed by atoms with Crippen LogP contribution in [0.2, 0.25) is 0 Å². The van der Waals surface area contributed by atoms with Crippen molar-refractivity contribution in [3.8, 4) is 0 Å². The zero-order valence-electron chi connectivity index (χ0n) is 13.6. The number of thiazole rings is 1. The first-order chi connectivity index (χ1) is 9.95. The van der Waals surface area contributed by atoms with Gasteiger partial charge in [0.25, 0.3) is 5.91 Å². The molecule has 1 amide bonds. The Labute approximate surface area is 131 Å². The molecule has 1 rings (SSSR count). The summed E-state index contributed by atoms with van der Waals surface area (Å²) in [4.78, 5) is 18.9. The van der Waals surface area contributed by atoms with Crippen LogP contribution in [-0.4, -0.2) is 31.0 Å². The normalized spacial score (nSPS) is 10.9. The van der Waals surface area contributed by atoms with Gasteiger partial charge in [-0.05, 0) is 18.8 Å².